The van der Waals surface area contributed by atoms with Crippen LogP contribution in [0, 0.1) is 0 Å². The Hall–Kier alpha value is -2.37. The number of aliphatic carboxylic acids is 1. The Labute approximate surface area is 155 Å². The van der Waals surface area contributed by atoms with Gasteiger partial charge in [0.25, 0.3) is 0 Å². The number of rotatable bonds is 5. The Morgan fingerprint density at radius 3 is 1.80 bits per heavy atom. The van der Waals surface area contributed by atoms with E-state index in [4.69, 9.17) is 33.0 Å². The minimum Gasteiger partial charge on any atom is -0.481 e. The summed E-state index contributed by atoms with van der Waals surface area (Å²) < 4.78 is 4.77. The summed E-state index contributed by atoms with van der Waals surface area (Å²) in [6.45, 7) is 1.36. The zero-order chi connectivity index (χ0) is 18.8. The van der Waals surface area contributed by atoms with Gasteiger partial charge < -0.3 is 9.84 Å². The van der Waals surface area contributed by atoms with E-state index in [2.05, 4.69) is 0 Å². The molecule has 0 aromatic heterocycles. The lowest BCUT2D eigenvalue weighted by molar-refractivity contribution is -0.137. The number of esters is 1. The fourth-order valence-electron chi connectivity index (χ4n) is 1.67. The Kier molecular flexibility index (Phi) is 8.67. The van der Waals surface area contributed by atoms with Crippen LogP contribution in [0.5, 0.6) is 5.75 Å². The molecule has 1 N–H and O–H groups in total. The van der Waals surface area contributed by atoms with Gasteiger partial charge in [0.1, 0.15) is 5.75 Å². The number of carbonyl (C=O) groups is 3. The summed E-state index contributed by atoms with van der Waals surface area (Å²) in [7, 11) is 0. The van der Waals surface area contributed by atoms with Crippen molar-refractivity contribution in [2.24, 2.45) is 0 Å². The van der Waals surface area contributed by atoms with Crippen LogP contribution in [0.4, 0.5) is 0 Å². The smallest absolute Gasteiger partial charge is 0.308 e. The molecule has 0 bridgehead atoms. The second-order valence-electron chi connectivity index (χ2n) is 4.87. The Morgan fingerprint density at radius 1 is 0.880 bits per heavy atom. The number of hydrogen-bond acceptors (Lipinski definition) is 4. The van der Waals surface area contributed by atoms with Crippen LogP contribution >= 0.6 is 23.2 Å². The molecule has 2 aromatic rings. The van der Waals surface area contributed by atoms with E-state index in [1.165, 1.54) is 6.92 Å². The third-order valence-electron chi connectivity index (χ3n) is 2.81. The van der Waals surface area contributed by atoms with Crippen LogP contribution in [-0.2, 0) is 9.59 Å². The molecule has 0 heterocycles. The van der Waals surface area contributed by atoms with Crippen molar-refractivity contribution >= 4 is 40.9 Å². The molecule has 0 fully saturated rings. The summed E-state index contributed by atoms with van der Waals surface area (Å²) in [4.78, 5) is 32.0. The van der Waals surface area contributed by atoms with Gasteiger partial charge in [0.15, 0.2) is 5.78 Å². The van der Waals surface area contributed by atoms with Crippen LogP contribution in [0.15, 0.2) is 48.5 Å². The first-order valence-electron chi connectivity index (χ1n) is 7.22. The van der Waals surface area contributed by atoms with Gasteiger partial charge in [-0.25, -0.2) is 0 Å². The Balaban J connectivity index is 0.000000257. The minimum atomic E-state index is -0.965. The van der Waals surface area contributed by atoms with Crippen LogP contribution in [0.25, 0.3) is 0 Å². The van der Waals surface area contributed by atoms with Gasteiger partial charge in [0.2, 0.25) is 0 Å². The number of carbonyl (C=O) groups excluding carboxylic acids is 2. The lowest BCUT2D eigenvalue weighted by Crippen LogP contribution is -2.03. The third-order valence-corrected chi connectivity index (χ3v) is 3.31. The highest BCUT2D eigenvalue weighted by molar-refractivity contribution is 6.30. The molecule has 0 atom stereocenters. The van der Waals surface area contributed by atoms with Crippen molar-refractivity contribution < 1.29 is 24.2 Å². The van der Waals surface area contributed by atoms with Crippen LogP contribution in [0.3, 0.4) is 0 Å². The van der Waals surface area contributed by atoms with Crippen molar-refractivity contribution in [1.82, 2.24) is 0 Å². The van der Waals surface area contributed by atoms with Gasteiger partial charge in [0.05, 0.1) is 6.42 Å². The number of halogens is 2. The van der Waals surface area contributed by atoms with E-state index in [0.717, 1.165) is 0 Å². The molecule has 0 saturated heterocycles. The molecule has 2 rings (SSSR count). The first-order chi connectivity index (χ1) is 11.8. The van der Waals surface area contributed by atoms with E-state index in [1.807, 2.05) is 0 Å². The molecule has 7 heteroatoms. The van der Waals surface area contributed by atoms with Crippen molar-refractivity contribution in [3.05, 3.63) is 64.1 Å². The summed E-state index contributed by atoms with van der Waals surface area (Å²) in [5, 5.41) is 9.56. The number of carboxylic acid groups (broad SMARTS) is 1. The monoisotopic (exact) mass is 382 g/mol. The maximum Gasteiger partial charge on any atom is 0.308 e. The van der Waals surface area contributed by atoms with Crippen molar-refractivity contribution in [1.29, 1.82) is 0 Å². The molecule has 0 aliphatic rings. The van der Waals surface area contributed by atoms with Gasteiger partial charge in [-0.2, -0.15) is 0 Å². The Bertz CT molecular complexity index is 724. The van der Waals surface area contributed by atoms with Crippen LogP contribution in [0.1, 0.15) is 30.1 Å². The third kappa shape index (κ3) is 8.88. The topological polar surface area (TPSA) is 80.7 Å². The molecule has 0 saturated carbocycles. The first-order valence-corrected chi connectivity index (χ1v) is 7.98. The molecule has 0 unspecified atom stereocenters. The van der Waals surface area contributed by atoms with Crippen LogP contribution in [-0.4, -0.2) is 22.8 Å². The van der Waals surface area contributed by atoms with E-state index < -0.39 is 5.97 Å². The molecule has 0 aliphatic carbocycles. The van der Waals surface area contributed by atoms with Crippen molar-refractivity contribution in [3.8, 4) is 5.75 Å². The van der Waals surface area contributed by atoms with E-state index in [1.54, 1.807) is 48.5 Å². The molecule has 0 aliphatic heterocycles. The van der Waals surface area contributed by atoms with Gasteiger partial charge >= 0.3 is 11.9 Å². The second kappa shape index (κ2) is 10.5. The molecular weight excluding hydrogens is 367 g/mol. The highest BCUT2D eigenvalue weighted by Gasteiger charge is 2.07. The lowest BCUT2D eigenvalue weighted by atomic mass is 10.1. The van der Waals surface area contributed by atoms with Crippen LogP contribution in [0.2, 0.25) is 10.0 Å². The molecular formula is C18H16Cl2O5. The SMILES string of the molecule is CC(=O)Oc1ccc(Cl)cc1.O=C(O)CCC(=O)c1ccc(Cl)cc1. The average molecular weight is 383 g/mol. The number of ketones is 1. The van der Waals surface area contributed by atoms with Crippen molar-refractivity contribution in [2.75, 3.05) is 0 Å². The van der Waals surface area contributed by atoms with Crippen molar-refractivity contribution in [2.45, 2.75) is 19.8 Å². The number of ether oxygens (including phenoxy) is 1. The quantitative estimate of drug-likeness (QED) is 0.462. The normalized spacial score (nSPS) is 9.56. The summed E-state index contributed by atoms with van der Waals surface area (Å²) in [6, 6.07) is 13.0. The summed E-state index contributed by atoms with van der Waals surface area (Å²) in [5.41, 5.74) is 0.496. The van der Waals surface area contributed by atoms with Gasteiger partial charge in [-0.15, -0.1) is 0 Å². The first kappa shape index (κ1) is 20.7. The second-order valence-corrected chi connectivity index (χ2v) is 5.74. The van der Waals surface area contributed by atoms with E-state index in [0.29, 0.717) is 21.4 Å². The zero-order valence-corrected chi connectivity index (χ0v) is 14.9. The molecule has 5 nitrogen and oxygen atoms in total. The van der Waals surface area contributed by atoms with Gasteiger partial charge in [-0.3, -0.25) is 14.4 Å². The maximum absolute atomic E-state index is 11.4. The summed E-state index contributed by atoms with van der Waals surface area (Å²) in [5.74, 6) is -0.953. The van der Waals surface area contributed by atoms with Crippen molar-refractivity contribution in [3.63, 3.8) is 0 Å². The number of hydrogen-bond donors (Lipinski definition) is 1. The zero-order valence-electron chi connectivity index (χ0n) is 13.4. The molecule has 2 aromatic carbocycles. The standard InChI is InChI=1S/C10H9ClO3.C8H7ClO2/c11-8-3-1-7(2-4-8)9(12)5-6-10(13)14;1-6(10)11-8-4-2-7(9)3-5-8/h1-4H,5-6H2,(H,13,14);2-5H,1H3. The summed E-state index contributed by atoms with van der Waals surface area (Å²) in [6.07, 6.45) is -0.113. The fraction of sp³-hybridized carbons (Fsp3) is 0.167. The largest absolute Gasteiger partial charge is 0.481 e. The number of carboxylic acids is 1. The van der Waals surface area contributed by atoms with E-state index in [-0.39, 0.29) is 24.6 Å². The maximum atomic E-state index is 11.4. The lowest BCUT2D eigenvalue weighted by Gasteiger charge is -1.98. The highest BCUT2D eigenvalue weighted by atomic mass is 35.5. The van der Waals surface area contributed by atoms with E-state index >= 15 is 0 Å². The van der Waals surface area contributed by atoms with Gasteiger partial charge in [0, 0.05) is 29.0 Å². The minimum absolute atomic E-state index is 0.0248. The number of Topliss-reactive ketones (excluding diaryl/α,β-unsaturated/α-hetero) is 1. The van der Waals surface area contributed by atoms with Gasteiger partial charge in [-0.1, -0.05) is 23.2 Å². The van der Waals surface area contributed by atoms with Gasteiger partial charge in [-0.05, 0) is 48.5 Å². The molecule has 25 heavy (non-hydrogen) atoms. The van der Waals surface area contributed by atoms with E-state index in [9.17, 15) is 14.4 Å². The molecule has 0 radical (unpaired) electrons. The predicted molar refractivity (Wildman–Crippen MR) is 95.4 cm³/mol. The average Bonchev–Trinajstić information content (AvgIpc) is 2.55. The highest BCUT2D eigenvalue weighted by Crippen LogP contribution is 2.15. The molecule has 0 amide bonds. The number of benzene rings is 2. The molecule has 132 valence electrons. The summed E-state index contributed by atoms with van der Waals surface area (Å²) >= 11 is 11.2. The van der Waals surface area contributed by atoms with Crippen LogP contribution < -0.4 is 4.74 Å². The Morgan fingerprint density at radius 2 is 1.36 bits per heavy atom. The molecule has 0 spiro atoms. The fourth-order valence-corrected chi connectivity index (χ4v) is 1.92. The predicted octanol–water partition coefficient (Wildman–Crippen LogP) is 4.65.